The van der Waals surface area contributed by atoms with E-state index in [1.165, 1.54) is 18.0 Å². The average molecular weight is 710 g/mol. The Hall–Kier alpha value is -3.10. The first-order valence-electron chi connectivity index (χ1n) is 14.8. The summed E-state index contributed by atoms with van der Waals surface area (Å²) in [5, 5.41) is 0. The van der Waals surface area contributed by atoms with E-state index < -0.39 is 47.3 Å². The number of cyclic esters (lactones) is 1. The van der Waals surface area contributed by atoms with E-state index >= 15 is 0 Å². The highest BCUT2D eigenvalue weighted by molar-refractivity contribution is 9.10. The van der Waals surface area contributed by atoms with Gasteiger partial charge in [-0.15, -0.1) is 0 Å². The number of aromatic nitrogens is 2. The Balaban J connectivity index is 1.52. The molecule has 0 radical (unpaired) electrons. The van der Waals surface area contributed by atoms with Crippen LogP contribution in [0.15, 0.2) is 29.0 Å². The summed E-state index contributed by atoms with van der Waals surface area (Å²) >= 11 is 3.31. The molecule has 45 heavy (non-hydrogen) atoms. The van der Waals surface area contributed by atoms with Crippen molar-refractivity contribution in [3.8, 4) is 0 Å². The number of nitrogens with zero attached hydrogens (tertiary/aromatic N) is 4. The first kappa shape index (κ1) is 34.8. The van der Waals surface area contributed by atoms with Crippen molar-refractivity contribution in [3.05, 3.63) is 51.4 Å². The molecule has 4 rings (SSSR count). The fourth-order valence-electron chi connectivity index (χ4n) is 5.98. The lowest BCUT2D eigenvalue weighted by Crippen LogP contribution is -2.36. The van der Waals surface area contributed by atoms with Crippen LogP contribution in [0.4, 0.5) is 37.0 Å². The number of amides is 1. The minimum atomic E-state index is -5.04. The molecule has 1 saturated carbocycles. The smallest absolute Gasteiger partial charge is 0.416 e. The molecular formula is C30H35BrF6N4O4. The molecule has 2 fully saturated rings. The lowest BCUT2D eigenvalue weighted by molar-refractivity contribution is -0.145. The van der Waals surface area contributed by atoms with Gasteiger partial charge in [-0.3, -0.25) is 9.69 Å². The summed E-state index contributed by atoms with van der Waals surface area (Å²) in [6.07, 6.45) is -6.81. The summed E-state index contributed by atoms with van der Waals surface area (Å²) in [5.41, 5.74) is -2.98. The second kappa shape index (κ2) is 14.1. The fraction of sp³-hybridized carbons (Fsp3) is 0.600. The van der Waals surface area contributed by atoms with E-state index in [-0.39, 0.29) is 24.5 Å². The van der Waals surface area contributed by atoms with Gasteiger partial charge < -0.3 is 14.4 Å². The van der Waals surface area contributed by atoms with Crippen molar-refractivity contribution in [2.45, 2.75) is 83.9 Å². The van der Waals surface area contributed by atoms with E-state index in [2.05, 4.69) is 25.9 Å². The van der Waals surface area contributed by atoms with Gasteiger partial charge in [-0.05, 0) is 98.0 Å². The van der Waals surface area contributed by atoms with Crippen LogP contribution in [0.5, 0.6) is 0 Å². The monoisotopic (exact) mass is 708 g/mol. The Bertz CT molecular complexity index is 1330. The van der Waals surface area contributed by atoms with Crippen molar-refractivity contribution >= 4 is 33.8 Å². The molecule has 1 amide bonds. The van der Waals surface area contributed by atoms with Gasteiger partial charge in [0.15, 0.2) is 5.82 Å². The van der Waals surface area contributed by atoms with E-state index in [1.54, 1.807) is 6.92 Å². The van der Waals surface area contributed by atoms with Gasteiger partial charge in [-0.25, -0.2) is 14.8 Å². The fourth-order valence-corrected chi connectivity index (χ4v) is 6.30. The summed E-state index contributed by atoms with van der Waals surface area (Å²) in [6, 6.07) is 0.286. The van der Waals surface area contributed by atoms with Crippen molar-refractivity contribution in [2.75, 3.05) is 24.6 Å². The Morgan fingerprint density at radius 2 is 1.64 bits per heavy atom. The summed E-state index contributed by atoms with van der Waals surface area (Å²) in [4.78, 5) is 37.2. The third-order valence-electron chi connectivity index (χ3n) is 8.33. The zero-order chi connectivity index (χ0) is 33.1. The van der Waals surface area contributed by atoms with E-state index in [1.807, 2.05) is 11.8 Å². The Labute approximate surface area is 265 Å². The number of alkyl halides is 6. The quantitative estimate of drug-likeness (QED) is 0.183. The molecule has 1 saturated heterocycles. The molecule has 1 aromatic carbocycles. The van der Waals surface area contributed by atoms with Gasteiger partial charge in [-0.1, -0.05) is 0 Å². The number of esters is 1. The second-order valence-corrected chi connectivity index (χ2v) is 12.2. The Kier molecular flexibility index (Phi) is 10.9. The topological polar surface area (TPSA) is 84.9 Å². The van der Waals surface area contributed by atoms with Crippen LogP contribution in [0.25, 0.3) is 0 Å². The molecule has 1 aliphatic carbocycles. The standard InChI is InChI=1S/C30H35BrF6N4O4/c1-4-40(15-19-8-6-18(7-9-19)10-25(42)44-5-2)27-23(39-24(31)14-38-27)16-41-17(3)26(45-28(41)43)20-11-21(29(32,33)34)13-22(12-20)30(35,36)37/h11-14,17-19,26H,4-10,15-16H2,1-3H3/t17-,18?,19?,26?/m0/s1. The number of benzene rings is 1. The predicted octanol–water partition coefficient (Wildman–Crippen LogP) is 7.94. The van der Waals surface area contributed by atoms with E-state index in [0.717, 1.165) is 25.7 Å². The van der Waals surface area contributed by atoms with Crippen LogP contribution in [0.1, 0.15) is 81.4 Å². The third kappa shape index (κ3) is 8.59. The highest BCUT2D eigenvalue weighted by Gasteiger charge is 2.44. The number of carbonyl (C=O) groups excluding carboxylic acids is 2. The van der Waals surface area contributed by atoms with Crippen LogP contribution in [-0.2, 0) is 33.2 Å². The SMILES string of the molecule is CCOC(=O)CC1CCC(CN(CC)c2ncc(Br)nc2CN2C(=O)OC(c3cc(C(F)(F)F)cc(C(F)(F)F)c3)[C@@H]2C)CC1. The number of halogens is 7. The number of anilines is 1. The molecule has 1 unspecified atom stereocenters. The molecule has 15 heteroatoms. The molecular weight excluding hydrogens is 674 g/mol. The lowest BCUT2D eigenvalue weighted by Gasteiger charge is -2.33. The maximum absolute atomic E-state index is 13.5. The summed E-state index contributed by atoms with van der Waals surface area (Å²) in [6.45, 7) is 6.68. The molecule has 2 heterocycles. The van der Waals surface area contributed by atoms with Gasteiger partial charge in [0.25, 0.3) is 0 Å². The molecule has 2 aliphatic rings. The molecule has 2 atom stereocenters. The Morgan fingerprint density at radius 1 is 1.04 bits per heavy atom. The van der Waals surface area contributed by atoms with Crippen LogP contribution in [-0.4, -0.2) is 52.7 Å². The summed E-state index contributed by atoms with van der Waals surface area (Å²) in [7, 11) is 0. The zero-order valence-corrected chi connectivity index (χ0v) is 26.6. The van der Waals surface area contributed by atoms with Crippen LogP contribution in [0, 0.1) is 11.8 Å². The summed E-state index contributed by atoms with van der Waals surface area (Å²) < 4.78 is 91.8. The highest BCUT2D eigenvalue weighted by atomic mass is 79.9. The second-order valence-electron chi connectivity index (χ2n) is 11.4. The molecule has 1 aliphatic heterocycles. The van der Waals surface area contributed by atoms with Crippen LogP contribution < -0.4 is 4.90 Å². The number of hydrogen-bond donors (Lipinski definition) is 0. The van der Waals surface area contributed by atoms with Crippen LogP contribution in [0.3, 0.4) is 0 Å². The van der Waals surface area contributed by atoms with Gasteiger partial charge in [0.1, 0.15) is 16.4 Å². The van der Waals surface area contributed by atoms with Gasteiger partial charge in [-0.2, -0.15) is 26.3 Å². The first-order valence-corrected chi connectivity index (χ1v) is 15.6. The molecule has 2 aromatic rings. The molecule has 248 valence electrons. The number of ether oxygens (including phenoxy) is 2. The summed E-state index contributed by atoms with van der Waals surface area (Å²) in [5.74, 6) is 0.927. The van der Waals surface area contributed by atoms with Crippen molar-refractivity contribution in [1.82, 2.24) is 14.9 Å². The lowest BCUT2D eigenvalue weighted by atomic mass is 9.80. The van der Waals surface area contributed by atoms with Gasteiger partial charge >= 0.3 is 24.4 Å². The Morgan fingerprint density at radius 3 is 2.20 bits per heavy atom. The predicted molar refractivity (Wildman–Crippen MR) is 155 cm³/mol. The molecule has 0 spiro atoms. The number of rotatable bonds is 10. The van der Waals surface area contributed by atoms with Gasteiger partial charge in [0, 0.05) is 19.5 Å². The van der Waals surface area contributed by atoms with Crippen molar-refractivity contribution in [1.29, 1.82) is 0 Å². The number of carbonyl (C=O) groups is 2. The van der Waals surface area contributed by atoms with Crippen molar-refractivity contribution < 1.29 is 45.4 Å². The average Bonchev–Trinajstić information content (AvgIpc) is 3.24. The highest BCUT2D eigenvalue weighted by Crippen LogP contribution is 2.41. The largest absolute Gasteiger partial charge is 0.466 e. The number of hydrogen-bond acceptors (Lipinski definition) is 7. The van der Waals surface area contributed by atoms with E-state index in [0.29, 0.717) is 60.3 Å². The first-order chi connectivity index (χ1) is 21.1. The normalized spacial score (nSPS) is 22.4. The van der Waals surface area contributed by atoms with Gasteiger partial charge in [0.05, 0.1) is 36.5 Å². The van der Waals surface area contributed by atoms with E-state index in [4.69, 9.17) is 9.47 Å². The molecule has 8 nitrogen and oxygen atoms in total. The maximum Gasteiger partial charge on any atom is 0.416 e. The van der Waals surface area contributed by atoms with Crippen molar-refractivity contribution in [3.63, 3.8) is 0 Å². The zero-order valence-electron chi connectivity index (χ0n) is 25.1. The molecule has 0 N–H and O–H groups in total. The van der Waals surface area contributed by atoms with E-state index in [9.17, 15) is 35.9 Å². The minimum absolute atomic E-state index is 0.0399. The molecule has 1 aromatic heterocycles. The van der Waals surface area contributed by atoms with Gasteiger partial charge in [0.2, 0.25) is 0 Å². The van der Waals surface area contributed by atoms with Crippen LogP contribution >= 0.6 is 15.9 Å². The van der Waals surface area contributed by atoms with Crippen LogP contribution in [0.2, 0.25) is 0 Å². The molecule has 0 bridgehead atoms. The maximum atomic E-state index is 13.5. The third-order valence-corrected chi connectivity index (χ3v) is 8.71. The van der Waals surface area contributed by atoms with Crippen molar-refractivity contribution in [2.24, 2.45) is 11.8 Å². The minimum Gasteiger partial charge on any atom is -0.466 e.